The summed E-state index contributed by atoms with van der Waals surface area (Å²) in [7, 11) is 0. The van der Waals surface area contributed by atoms with Crippen LogP contribution in [0, 0.1) is 11.8 Å². The summed E-state index contributed by atoms with van der Waals surface area (Å²) in [6.45, 7) is 8.96. The van der Waals surface area contributed by atoms with E-state index in [1.165, 1.54) is 0 Å². The summed E-state index contributed by atoms with van der Waals surface area (Å²) in [5.41, 5.74) is 0. The molecule has 42 valence electrons. The van der Waals surface area contributed by atoms with Crippen LogP contribution in [0.15, 0.2) is 0 Å². The molecule has 0 unspecified atom stereocenters. The summed E-state index contributed by atoms with van der Waals surface area (Å²) in [5.74, 6) is 1.70. The molecule has 0 saturated carbocycles. The zero-order valence-corrected chi connectivity index (χ0v) is 6.65. The molecule has 0 bridgehead atoms. The first-order chi connectivity index (χ1) is 2.64. The van der Waals surface area contributed by atoms with Gasteiger partial charge in [0.25, 0.3) is 0 Å². The molecule has 0 aromatic carbocycles. The van der Waals surface area contributed by atoms with E-state index < -0.39 is 0 Å². The third-order valence-corrected chi connectivity index (χ3v) is 1.33. The Labute approximate surface area is 51.3 Å². The Kier molecular flexibility index (Phi) is 6.41. The molecule has 0 N–H and O–H groups in total. The van der Waals surface area contributed by atoms with Gasteiger partial charge in [-0.2, -0.15) is 0 Å². The van der Waals surface area contributed by atoms with Gasteiger partial charge in [0.05, 0.1) is 0 Å². The molecule has 4 radical (unpaired) electrons. The van der Waals surface area contributed by atoms with Crippen LogP contribution in [0.1, 0.15) is 27.7 Å². The Balaban J connectivity index is 0. The molecule has 0 spiro atoms. The van der Waals surface area contributed by atoms with Gasteiger partial charge >= 0.3 is 0 Å². The van der Waals surface area contributed by atoms with Crippen LogP contribution in [-0.4, -0.2) is 11.0 Å². The minimum atomic E-state index is 0. The van der Waals surface area contributed by atoms with Gasteiger partial charge in [-0.05, 0) is 11.8 Å². The van der Waals surface area contributed by atoms with Gasteiger partial charge in [0.1, 0.15) is 0 Å². The summed E-state index contributed by atoms with van der Waals surface area (Å²) < 4.78 is 0. The third kappa shape index (κ3) is 6.22. The lowest BCUT2D eigenvalue weighted by molar-refractivity contribution is 0.457. The molecule has 0 saturated heterocycles. The largest absolute Gasteiger partial charge is 0.0625 e. The molecular weight excluding hydrogens is 100 g/mol. The van der Waals surface area contributed by atoms with Crippen molar-refractivity contribution in [3.05, 3.63) is 0 Å². The highest BCUT2D eigenvalue weighted by Crippen LogP contribution is 2.05. The predicted octanol–water partition coefficient (Wildman–Crippen LogP) is 1.92. The quantitative estimate of drug-likeness (QED) is 0.457. The van der Waals surface area contributed by atoms with Crippen molar-refractivity contribution in [2.24, 2.45) is 11.8 Å². The van der Waals surface area contributed by atoms with E-state index in [-0.39, 0.29) is 11.0 Å². The van der Waals surface area contributed by atoms with Crippen molar-refractivity contribution < 1.29 is 0 Å². The molecule has 0 aliphatic heterocycles. The highest BCUT2D eigenvalue weighted by atomic mass is 28.1. The first-order valence-corrected chi connectivity index (χ1v) is 2.64. The summed E-state index contributed by atoms with van der Waals surface area (Å²) in [4.78, 5) is 0. The van der Waals surface area contributed by atoms with Gasteiger partial charge in [-0.15, -0.1) is 0 Å². The monoisotopic (exact) mass is 114 g/mol. The first kappa shape index (κ1) is 10.2. The van der Waals surface area contributed by atoms with Crippen molar-refractivity contribution in [1.29, 1.82) is 0 Å². The standard InChI is InChI=1S/C6H14.Si/c1-5(2)6(3)4;/h5-6H,1-4H3;. The van der Waals surface area contributed by atoms with Gasteiger partial charge in [0.2, 0.25) is 0 Å². The lowest BCUT2D eigenvalue weighted by Gasteiger charge is -2.05. The average molecular weight is 114 g/mol. The Bertz CT molecular complexity index is 25.2. The molecule has 0 aromatic rings. The van der Waals surface area contributed by atoms with Crippen LogP contribution in [0.25, 0.3) is 0 Å². The van der Waals surface area contributed by atoms with Crippen molar-refractivity contribution in [3.8, 4) is 0 Å². The second kappa shape index (κ2) is 4.38. The maximum absolute atomic E-state index is 2.24. The fourth-order valence-electron chi connectivity index (χ4n) is 0. The molecule has 0 aliphatic carbocycles. The molecule has 0 atom stereocenters. The number of rotatable bonds is 1. The van der Waals surface area contributed by atoms with Gasteiger partial charge in [-0.25, -0.2) is 0 Å². The lowest BCUT2D eigenvalue weighted by Crippen LogP contribution is -1.95. The predicted molar refractivity (Wildman–Crippen MR) is 35.4 cm³/mol. The summed E-state index contributed by atoms with van der Waals surface area (Å²) in [6, 6.07) is 0. The number of hydrogen-bond acceptors (Lipinski definition) is 0. The smallest absolute Gasteiger partial charge is 0 e. The fourth-order valence-corrected chi connectivity index (χ4v) is 0. The minimum absolute atomic E-state index is 0. The van der Waals surface area contributed by atoms with E-state index >= 15 is 0 Å². The van der Waals surface area contributed by atoms with Crippen LogP contribution in [0.3, 0.4) is 0 Å². The van der Waals surface area contributed by atoms with Crippen molar-refractivity contribution in [1.82, 2.24) is 0 Å². The zero-order chi connectivity index (χ0) is 5.15. The van der Waals surface area contributed by atoms with Crippen LogP contribution in [0.4, 0.5) is 0 Å². The van der Waals surface area contributed by atoms with Crippen LogP contribution in [0.2, 0.25) is 0 Å². The van der Waals surface area contributed by atoms with E-state index in [0.29, 0.717) is 0 Å². The Morgan fingerprint density at radius 3 is 0.857 bits per heavy atom. The normalized spacial score (nSPS) is 9.43. The van der Waals surface area contributed by atoms with Gasteiger partial charge in [0.15, 0.2) is 0 Å². The van der Waals surface area contributed by atoms with Gasteiger partial charge in [-0.1, -0.05) is 27.7 Å². The molecular formula is C6H14Si. The molecule has 0 aromatic heterocycles. The van der Waals surface area contributed by atoms with Crippen molar-refractivity contribution >= 4 is 11.0 Å². The highest BCUT2D eigenvalue weighted by Gasteiger charge is 1.95. The maximum atomic E-state index is 2.24. The Hall–Kier alpha value is 0.217. The molecule has 7 heavy (non-hydrogen) atoms. The van der Waals surface area contributed by atoms with Crippen molar-refractivity contribution in [2.45, 2.75) is 27.7 Å². The topological polar surface area (TPSA) is 0 Å². The Morgan fingerprint density at radius 1 is 0.714 bits per heavy atom. The zero-order valence-electron chi connectivity index (χ0n) is 5.65. The van der Waals surface area contributed by atoms with Crippen molar-refractivity contribution in [2.75, 3.05) is 0 Å². The molecule has 0 fully saturated rings. The van der Waals surface area contributed by atoms with Gasteiger partial charge in [0, 0.05) is 11.0 Å². The minimum Gasteiger partial charge on any atom is -0.0625 e. The number of hydrogen-bond donors (Lipinski definition) is 0. The molecule has 0 nitrogen and oxygen atoms in total. The van der Waals surface area contributed by atoms with E-state index in [4.69, 9.17) is 0 Å². The van der Waals surface area contributed by atoms with Crippen LogP contribution >= 0.6 is 0 Å². The van der Waals surface area contributed by atoms with Crippen LogP contribution < -0.4 is 0 Å². The van der Waals surface area contributed by atoms with Gasteiger partial charge in [-0.3, -0.25) is 0 Å². The van der Waals surface area contributed by atoms with E-state index in [0.717, 1.165) is 11.8 Å². The van der Waals surface area contributed by atoms with E-state index in [1.54, 1.807) is 0 Å². The second-order valence-electron chi connectivity index (χ2n) is 2.49. The average Bonchev–Trinajstić information content (AvgIpc) is 1.36. The van der Waals surface area contributed by atoms with E-state index in [2.05, 4.69) is 27.7 Å². The Morgan fingerprint density at radius 2 is 0.857 bits per heavy atom. The second-order valence-corrected chi connectivity index (χ2v) is 2.49. The summed E-state index contributed by atoms with van der Waals surface area (Å²) in [6.07, 6.45) is 0. The summed E-state index contributed by atoms with van der Waals surface area (Å²) >= 11 is 0. The van der Waals surface area contributed by atoms with E-state index in [9.17, 15) is 0 Å². The van der Waals surface area contributed by atoms with Crippen LogP contribution in [-0.2, 0) is 0 Å². The summed E-state index contributed by atoms with van der Waals surface area (Å²) in [5, 5.41) is 0. The first-order valence-electron chi connectivity index (χ1n) is 2.64. The maximum Gasteiger partial charge on any atom is 0 e. The molecule has 0 heterocycles. The van der Waals surface area contributed by atoms with Crippen LogP contribution in [0.5, 0.6) is 0 Å². The van der Waals surface area contributed by atoms with Crippen molar-refractivity contribution in [3.63, 3.8) is 0 Å². The highest BCUT2D eigenvalue weighted by molar-refractivity contribution is 5.75. The molecule has 0 rings (SSSR count). The third-order valence-electron chi connectivity index (χ3n) is 1.33. The molecule has 0 aliphatic rings. The SMILES string of the molecule is CC(C)C(C)C.[Si]. The lowest BCUT2D eigenvalue weighted by atomic mass is 10.0. The van der Waals surface area contributed by atoms with E-state index in [1.807, 2.05) is 0 Å². The molecule has 1 heteroatoms. The molecule has 0 amide bonds. The van der Waals surface area contributed by atoms with Gasteiger partial charge < -0.3 is 0 Å². The fraction of sp³-hybridized carbons (Fsp3) is 1.00.